The normalized spacial score (nSPS) is 10.2. The molecule has 0 fully saturated rings. The molecule has 0 radical (unpaired) electrons. The predicted octanol–water partition coefficient (Wildman–Crippen LogP) is 2.89. The number of hydrogen-bond acceptors (Lipinski definition) is 2. The maximum atomic E-state index is 13.4. The predicted molar refractivity (Wildman–Crippen MR) is 61.3 cm³/mol. The van der Waals surface area contributed by atoms with Crippen molar-refractivity contribution < 1.29 is 14.3 Å². The summed E-state index contributed by atoms with van der Waals surface area (Å²) < 4.78 is 13.4. The third-order valence-corrected chi connectivity index (χ3v) is 2.44. The first-order valence-electron chi connectivity index (χ1n) is 5.05. The average Bonchev–Trinajstić information content (AvgIpc) is 2.33. The molecule has 17 heavy (non-hydrogen) atoms. The number of nitrogens with zero attached hydrogens (tertiary/aromatic N) is 1. The Morgan fingerprint density at radius 2 is 2.06 bits per heavy atom. The lowest BCUT2D eigenvalue weighted by Gasteiger charge is -2.03. The number of aromatic nitrogens is 1. The van der Waals surface area contributed by atoms with Crippen LogP contribution in [0.15, 0.2) is 36.4 Å². The second-order valence-corrected chi connectivity index (χ2v) is 3.68. The Kier molecular flexibility index (Phi) is 2.87. The van der Waals surface area contributed by atoms with Gasteiger partial charge in [-0.05, 0) is 30.7 Å². The lowest BCUT2D eigenvalue weighted by Crippen LogP contribution is -2.00. The first-order valence-corrected chi connectivity index (χ1v) is 5.05. The van der Waals surface area contributed by atoms with Gasteiger partial charge in [0.25, 0.3) is 0 Å². The minimum atomic E-state index is -1.10. The third-order valence-electron chi connectivity index (χ3n) is 2.44. The molecule has 1 aromatic carbocycles. The zero-order valence-electron chi connectivity index (χ0n) is 9.14. The Labute approximate surface area is 97.6 Å². The van der Waals surface area contributed by atoms with Gasteiger partial charge in [0.15, 0.2) is 0 Å². The summed E-state index contributed by atoms with van der Waals surface area (Å²) in [5.74, 6) is -1.43. The van der Waals surface area contributed by atoms with Gasteiger partial charge in [-0.25, -0.2) is 14.2 Å². The second kappa shape index (κ2) is 4.33. The minimum Gasteiger partial charge on any atom is -0.477 e. The Balaban J connectivity index is 2.49. The summed E-state index contributed by atoms with van der Waals surface area (Å²) in [6, 6.07) is 9.34. The molecule has 1 N–H and O–H groups in total. The molecule has 0 aliphatic rings. The first kappa shape index (κ1) is 11.3. The van der Waals surface area contributed by atoms with E-state index in [1.807, 2.05) is 0 Å². The van der Waals surface area contributed by atoms with Crippen molar-refractivity contribution in [3.05, 3.63) is 53.5 Å². The number of hydrogen-bond donors (Lipinski definition) is 1. The van der Waals surface area contributed by atoms with Crippen LogP contribution in [0.4, 0.5) is 4.39 Å². The molecule has 0 unspecified atom stereocenters. The maximum absolute atomic E-state index is 13.4. The number of pyridine rings is 1. The monoisotopic (exact) mass is 231 g/mol. The molecule has 1 heterocycles. The number of benzene rings is 1. The fourth-order valence-corrected chi connectivity index (χ4v) is 1.47. The Morgan fingerprint density at radius 1 is 1.29 bits per heavy atom. The highest BCUT2D eigenvalue weighted by Crippen LogP contribution is 2.20. The Bertz CT molecular complexity index is 581. The van der Waals surface area contributed by atoms with Crippen molar-refractivity contribution in [3.8, 4) is 11.3 Å². The number of carboxylic acid groups (broad SMARTS) is 1. The van der Waals surface area contributed by atoms with Crippen LogP contribution in [-0.2, 0) is 0 Å². The van der Waals surface area contributed by atoms with E-state index in [9.17, 15) is 9.18 Å². The SMILES string of the molecule is Cc1ccc(-c2cccc(C(=O)O)n2)cc1F. The molecule has 0 amide bonds. The van der Waals surface area contributed by atoms with Gasteiger partial charge in [0.1, 0.15) is 11.5 Å². The van der Waals surface area contributed by atoms with E-state index in [0.717, 1.165) is 0 Å². The fraction of sp³-hybridized carbons (Fsp3) is 0.0769. The van der Waals surface area contributed by atoms with E-state index >= 15 is 0 Å². The molecule has 0 spiro atoms. The lowest BCUT2D eigenvalue weighted by atomic mass is 10.1. The molecule has 2 aromatic rings. The standard InChI is InChI=1S/C13H10FNO2/c1-8-5-6-9(7-10(8)14)11-3-2-4-12(15-11)13(16)17/h2-7H,1H3,(H,16,17). The number of carboxylic acids is 1. The fourth-order valence-electron chi connectivity index (χ4n) is 1.47. The summed E-state index contributed by atoms with van der Waals surface area (Å²) in [5, 5.41) is 8.82. The van der Waals surface area contributed by atoms with Gasteiger partial charge in [-0.3, -0.25) is 0 Å². The van der Waals surface area contributed by atoms with Crippen molar-refractivity contribution >= 4 is 5.97 Å². The summed E-state index contributed by atoms with van der Waals surface area (Å²) in [5.41, 5.74) is 1.51. The van der Waals surface area contributed by atoms with Crippen LogP contribution in [0.3, 0.4) is 0 Å². The van der Waals surface area contributed by atoms with Gasteiger partial charge in [0.2, 0.25) is 0 Å². The summed E-state index contributed by atoms with van der Waals surface area (Å²) in [6.45, 7) is 1.67. The van der Waals surface area contributed by atoms with Crippen molar-refractivity contribution in [1.82, 2.24) is 4.98 Å². The Hall–Kier alpha value is -2.23. The molecule has 2 rings (SSSR count). The molecule has 0 aliphatic carbocycles. The van der Waals surface area contributed by atoms with Crippen LogP contribution < -0.4 is 0 Å². The van der Waals surface area contributed by atoms with Crippen molar-refractivity contribution in [1.29, 1.82) is 0 Å². The zero-order valence-corrected chi connectivity index (χ0v) is 9.14. The van der Waals surface area contributed by atoms with Crippen molar-refractivity contribution in [2.24, 2.45) is 0 Å². The van der Waals surface area contributed by atoms with Crippen LogP contribution in [0.5, 0.6) is 0 Å². The van der Waals surface area contributed by atoms with Gasteiger partial charge >= 0.3 is 5.97 Å². The molecular formula is C13H10FNO2. The number of halogens is 1. The number of aryl methyl sites for hydroxylation is 1. The highest BCUT2D eigenvalue weighted by molar-refractivity contribution is 5.86. The topological polar surface area (TPSA) is 50.2 Å². The van der Waals surface area contributed by atoms with Crippen LogP contribution in [-0.4, -0.2) is 16.1 Å². The summed E-state index contributed by atoms with van der Waals surface area (Å²) in [6.07, 6.45) is 0. The van der Waals surface area contributed by atoms with E-state index < -0.39 is 5.97 Å². The van der Waals surface area contributed by atoms with Crippen LogP contribution in [0, 0.1) is 12.7 Å². The van der Waals surface area contributed by atoms with Gasteiger partial charge in [-0.1, -0.05) is 18.2 Å². The maximum Gasteiger partial charge on any atom is 0.354 e. The highest BCUT2D eigenvalue weighted by Gasteiger charge is 2.07. The summed E-state index contributed by atoms with van der Waals surface area (Å²) >= 11 is 0. The third kappa shape index (κ3) is 2.30. The van der Waals surface area contributed by atoms with Crippen LogP contribution >= 0.6 is 0 Å². The quantitative estimate of drug-likeness (QED) is 0.864. The molecular weight excluding hydrogens is 221 g/mol. The largest absolute Gasteiger partial charge is 0.477 e. The van der Waals surface area contributed by atoms with Crippen molar-refractivity contribution in [2.75, 3.05) is 0 Å². The van der Waals surface area contributed by atoms with E-state index in [1.165, 1.54) is 12.1 Å². The number of rotatable bonds is 2. The summed E-state index contributed by atoms with van der Waals surface area (Å²) in [4.78, 5) is 14.7. The molecule has 4 heteroatoms. The van der Waals surface area contributed by atoms with E-state index in [4.69, 9.17) is 5.11 Å². The first-order chi connectivity index (χ1) is 8.08. The highest BCUT2D eigenvalue weighted by atomic mass is 19.1. The smallest absolute Gasteiger partial charge is 0.354 e. The molecule has 1 aromatic heterocycles. The molecule has 86 valence electrons. The molecule has 0 saturated heterocycles. The number of carbonyl (C=O) groups is 1. The number of aromatic carboxylic acids is 1. The van der Waals surface area contributed by atoms with Crippen molar-refractivity contribution in [2.45, 2.75) is 6.92 Å². The van der Waals surface area contributed by atoms with E-state index in [1.54, 1.807) is 31.2 Å². The minimum absolute atomic E-state index is 0.0523. The van der Waals surface area contributed by atoms with Gasteiger partial charge in [0.05, 0.1) is 5.69 Å². The second-order valence-electron chi connectivity index (χ2n) is 3.68. The van der Waals surface area contributed by atoms with Gasteiger partial charge in [-0.2, -0.15) is 0 Å². The van der Waals surface area contributed by atoms with E-state index in [-0.39, 0.29) is 11.5 Å². The average molecular weight is 231 g/mol. The molecule has 0 aliphatic heterocycles. The molecule has 0 bridgehead atoms. The van der Waals surface area contributed by atoms with Gasteiger partial charge in [-0.15, -0.1) is 0 Å². The Morgan fingerprint density at radius 3 is 2.71 bits per heavy atom. The van der Waals surface area contributed by atoms with Gasteiger partial charge in [0, 0.05) is 5.56 Å². The van der Waals surface area contributed by atoms with E-state index in [0.29, 0.717) is 16.8 Å². The summed E-state index contributed by atoms with van der Waals surface area (Å²) in [7, 11) is 0. The molecule has 0 saturated carbocycles. The van der Waals surface area contributed by atoms with Crippen molar-refractivity contribution in [3.63, 3.8) is 0 Å². The van der Waals surface area contributed by atoms with Crippen LogP contribution in [0.25, 0.3) is 11.3 Å². The lowest BCUT2D eigenvalue weighted by molar-refractivity contribution is 0.0690. The van der Waals surface area contributed by atoms with Crippen LogP contribution in [0.2, 0.25) is 0 Å². The zero-order chi connectivity index (χ0) is 12.4. The van der Waals surface area contributed by atoms with Gasteiger partial charge < -0.3 is 5.11 Å². The van der Waals surface area contributed by atoms with Crippen LogP contribution in [0.1, 0.15) is 16.1 Å². The van der Waals surface area contributed by atoms with E-state index in [2.05, 4.69) is 4.98 Å². The molecule has 0 atom stereocenters. The molecule has 3 nitrogen and oxygen atoms in total.